The van der Waals surface area contributed by atoms with Crippen LogP contribution in [0.1, 0.15) is 0 Å². The highest BCUT2D eigenvalue weighted by atomic mass is 31.0. The van der Waals surface area contributed by atoms with Crippen molar-refractivity contribution in [1.82, 2.24) is 5.32 Å². The Kier molecular flexibility index (Phi) is 3.70. The molecule has 0 rings (SSSR count). The molecule has 0 aliphatic heterocycles. The van der Waals surface area contributed by atoms with Crippen molar-refractivity contribution in [2.24, 2.45) is 0 Å². The molecule has 0 aromatic heterocycles. The number of hydrogen-bond acceptors (Lipinski definition) is 1. The third-order valence-corrected chi connectivity index (χ3v) is 0.635. The molecular formula is C3H9FNP. The van der Waals surface area contributed by atoms with Crippen LogP contribution in [0, 0.1) is 0 Å². The Labute approximate surface area is 39.5 Å². The van der Waals surface area contributed by atoms with Gasteiger partial charge in [0, 0.05) is 6.54 Å². The molecule has 0 saturated heterocycles. The SMILES string of the molecule is CNCC(F)P. The van der Waals surface area contributed by atoms with E-state index in [0.29, 0.717) is 6.54 Å². The van der Waals surface area contributed by atoms with E-state index in [1.54, 1.807) is 7.05 Å². The average Bonchev–Trinajstić information content (AvgIpc) is 1.35. The van der Waals surface area contributed by atoms with Gasteiger partial charge in [0.15, 0.2) is 0 Å². The zero-order valence-corrected chi connectivity index (χ0v) is 4.89. The maximum Gasteiger partial charge on any atom is 0.125 e. The molecule has 0 radical (unpaired) electrons. The molecule has 0 aliphatic rings. The van der Waals surface area contributed by atoms with Crippen LogP contribution in [-0.2, 0) is 0 Å². The molecule has 1 nitrogen and oxygen atoms in total. The third-order valence-electron chi connectivity index (χ3n) is 0.399. The third kappa shape index (κ3) is 4.32. The van der Waals surface area contributed by atoms with Crippen molar-refractivity contribution >= 4 is 9.24 Å². The highest BCUT2D eigenvalue weighted by Crippen LogP contribution is 1.95. The van der Waals surface area contributed by atoms with E-state index >= 15 is 0 Å². The molecule has 2 atom stereocenters. The summed E-state index contributed by atoms with van der Waals surface area (Å²) in [6.07, 6.45) is 0. The zero-order chi connectivity index (χ0) is 4.99. The summed E-state index contributed by atoms with van der Waals surface area (Å²) in [5, 5.41) is 2.67. The molecule has 0 aliphatic carbocycles. The minimum atomic E-state index is -0.796. The van der Waals surface area contributed by atoms with Crippen LogP contribution in [0.2, 0.25) is 0 Å². The second kappa shape index (κ2) is 3.51. The lowest BCUT2D eigenvalue weighted by atomic mass is 10.7. The van der Waals surface area contributed by atoms with Gasteiger partial charge in [-0.05, 0) is 7.05 Å². The van der Waals surface area contributed by atoms with E-state index in [2.05, 4.69) is 5.32 Å². The van der Waals surface area contributed by atoms with Crippen molar-refractivity contribution in [3.8, 4) is 0 Å². The second-order valence-corrected chi connectivity index (χ2v) is 1.80. The van der Waals surface area contributed by atoms with Crippen LogP contribution in [0.5, 0.6) is 0 Å². The van der Waals surface area contributed by atoms with Gasteiger partial charge < -0.3 is 5.32 Å². The first-order valence-electron chi connectivity index (χ1n) is 1.81. The number of halogens is 1. The Morgan fingerprint density at radius 2 is 2.50 bits per heavy atom. The minimum Gasteiger partial charge on any atom is -0.317 e. The molecule has 0 aromatic carbocycles. The van der Waals surface area contributed by atoms with Gasteiger partial charge in [-0.2, -0.15) is 0 Å². The Hall–Kier alpha value is 0.320. The van der Waals surface area contributed by atoms with Crippen molar-refractivity contribution < 1.29 is 4.39 Å². The van der Waals surface area contributed by atoms with E-state index < -0.39 is 5.91 Å². The fourth-order valence-electron chi connectivity index (χ4n) is 0.195. The van der Waals surface area contributed by atoms with Crippen LogP contribution in [-0.4, -0.2) is 19.5 Å². The van der Waals surface area contributed by atoms with Gasteiger partial charge in [0.1, 0.15) is 5.91 Å². The second-order valence-electron chi connectivity index (χ2n) is 1.07. The molecule has 1 N–H and O–H groups in total. The molecule has 6 heavy (non-hydrogen) atoms. The summed E-state index contributed by atoms with van der Waals surface area (Å²) in [5.74, 6) is -0.796. The molecule has 0 amide bonds. The van der Waals surface area contributed by atoms with Crippen molar-refractivity contribution in [2.75, 3.05) is 13.6 Å². The normalized spacial score (nSPS) is 14.5. The summed E-state index contributed by atoms with van der Waals surface area (Å²) in [6.45, 7) is 0.421. The molecular weight excluding hydrogens is 100 g/mol. The molecule has 2 unspecified atom stereocenters. The van der Waals surface area contributed by atoms with E-state index in [4.69, 9.17) is 0 Å². The first-order chi connectivity index (χ1) is 2.77. The predicted molar refractivity (Wildman–Crippen MR) is 28.5 cm³/mol. The first-order valence-corrected chi connectivity index (χ1v) is 2.48. The summed E-state index contributed by atoms with van der Waals surface area (Å²) in [4.78, 5) is 0. The van der Waals surface area contributed by atoms with Gasteiger partial charge in [-0.3, -0.25) is 0 Å². The smallest absolute Gasteiger partial charge is 0.125 e. The number of nitrogens with one attached hydrogen (secondary N) is 1. The molecule has 0 fully saturated rings. The van der Waals surface area contributed by atoms with Gasteiger partial charge in [0.2, 0.25) is 0 Å². The summed E-state index contributed by atoms with van der Waals surface area (Å²) in [7, 11) is 3.77. The number of alkyl halides is 1. The van der Waals surface area contributed by atoms with Gasteiger partial charge in [0.25, 0.3) is 0 Å². The Morgan fingerprint density at radius 3 is 2.50 bits per heavy atom. The van der Waals surface area contributed by atoms with Crippen LogP contribution < -0.4 is 5.32 Å². The van der Waals surface area contributed by atoms with Crippen molar-refractivity contribution in [3.05, 3.63) is 0 Å². The lowest BCUT2D eigenvalue weighted by Crippen LogP contribution is -2.13. The van der Waals surface area contributed by atoms with E-state index in [0.717, 1.165) is 0 Å². The highest BCUT2D eigenvalue weighted by molar-refractivity contribution is 7.17. The summed E-state index contributed by atoms with van der Waals surface area (Å²) in [5.41, 5.74) is 0. The van der Waals surface area contributed by atoms with Crippen molar-refractivity contribution in [3.63, 3.8) is 0 Å². The monoisotopic (exact) mass is 109 g/mol. The lowest BCUT2D eigenvalue weighted by Gasteiger charge is -1.94. The molecule has 3 heteroatoms. The molecule has 0 heterocycles. The van der Waals surface area contributed by atoms with E-state index in [9.17, 15) is 4.39 Å². The van der Waals surface area contributed by atoms with E-state index in [1.807, 2.05) is 9.24 Å². The van der Waals surface area contributed by atoms with Crippen LogP contribution in [0.15, 0.2) is 0 Å². The predicted octanol–water partition coefficient (Wildman–Crippen LogP) is 0.376. The van der Waals surface area contributed by atoms with Gasteiger partial charge in [-0.15, -0.1) is 0 Å². The summed E-state index contributed by atoms with van der Waals surface area (Å²) in [6, 6.07) is 0. The van der Waals surface area contributed by atoms with Crippen molar-refractivity contribution in [1.29, 1.82) is 0 Å². The van der Waals surface area contributed by atoms with Crippen molar-refractivity contribution in [2.45, 2.75) is 5.91 Å². The van der Waals surface area contributed by atoms with Gasteiger partial charge >= 0.3 is 0 Å². The number of hydrogen-bond donors (Lipinski definition) is 1. The quantitative estimate of drug-likeness (QED) is 0.505. The van der Waals surface area contributed by atoms with Gasteiger partial charge in [0.05, 0.1) is 0 Å². The lowest BCUT2D eigenvalue weighted by molar-refractivity contribution is 0.439. The molecule has 38 valence electrons. The molecule has 0 spiro atoms. The maximum absolute atomic E-state index is 11.6. The summed E-state index contributed by atoms with van der Waals surface area (Å²) >= 11 is 0. The van der Waals surface area contributed by atoms with Crippen LogP contribution in [0.3, 0.4) is 0 Å². The molecule has 0 bridgehead atoms. The van der Waals surface area contributed by atoms with Crippen LogP contribution in [0.25, 0.3) is 0 Å². The highest BCUT2D eigenvalue weighted by Gasteiger charge is 1.89. The first kappa shape index (κ1) is 6.32. The molecule has 0 saturated carbocycles. The fraction of sp³-hybridized carbons (Fsp3) is 1.00. The Morgan fingerprint density at radius 1 is 2.00 bits per heavy atom. The summed E-state index contributed by atoms with van der Waals surface area (Å²) < 4.78 is 11.6. The van der Waals surface area contributed by atoms with E-state index in [1.165, 1.54) is 0 Å². The Balaban J connectivity index is 2.63. The van der Waals surface area contributed by atoms with Crippen LogP contribution in [0.4, 0.5) is 4.39 Å². The Bertz CT molecular complexity index is 32.0. The van der Waals surface area contributed by atoms with Gasteiger partial charge in [-0.25, -0.2) is 4.39 Å². The maximum atomic E-state index is 11.6. The van der Waals surface area contributed by atoms with E-state index in [-0.39, 0.29) is 0 Å². The molecule has 0 aromatic rings. The standard InChI is InChI=1S/C3H9FNP/c1-5-2-3(4)6/h3,5H,2,6H2,1H3. The minimum absolute atomic E-state index is 0.421. The topological polar surface area (TPSA) is 12.0 Å². The van der Waals surface area contributed by atoms with Gasteiger partial charge in [-0.1, -0.05) is 9.24 Å². The number of rotatable bonds is 2. The average molecular weight is 109 g/mol. The largest absolute Gasteiger partial charge is 0.317 e. The zero-order valence-electron chi connectivity index (χ0n) is 3.74. The van der Waals surface area contributed by atoms with Crippen LogP contribution >= 0.6 is 9.24 Å². The fourth-order valence-corrected chi connectivity index (χ4v) is 0.431.